The number of aliphatic carboxylic acids is 1. The van der Waals surface area contributed by atoms with Crippen LogP contribution in [0.2, 0.25) is 0 Å². The van der Waals surface area contributed by atoms with E-state index in [0.29, 0.717) is 37.6 Å². The van der Waals surface area contributed by atoms with Crippen LogP contribution in [0.15, 0.2) is 12.3 Å². The van der Waals surface area contributed by atoms with Gasteiger partial charge in [0.15, 0.2) is 0 Å². The Hall–Kier alpha value is -2.09. The summed E-state index contributed by atoms with van der Waals surface area (Å²) in [6.07, 6.45) is 8.15. The van der Waals surface area contributed by atoms with Gasteiger partial charge in [-0.1, -0.05) is 5.92 Å². The maximum Gasteiger partial charge on any atom is 0.306 e. The Morgan fingerprint density at radius 1 is 1.53 bits per heavy atom. The molecular weight excluding hydrogens is 218 g/mol. The van der Waals surface area contributed by atoms with E-state index in [4.69, 9.17) is 11.5 Å². The molecule has 0 atom stereocenters. The Balaban J connectivity index is 2.05. The van der Waals surface area contributed by atoms with Crippen LogP contribution in [0.4, 0.5) is 5.95 Å². The zero-order valence-corrected chi connectivity index (χ0v) is 9.33. The topological polar surface area (TPSA) is 66.3 Å². The molecule has 0 unspecified atom stereocenters. The second kappa shape index (κ2) is 4.83. The summed E-state index contributed by atoms with van der Waals surface area (Å²) in [5.74, 6) is 2.08. The van der Waals surface area contributed by atoms with Crippen molar-refractivity contribution in [1.29, 1.82) is 0 Å². The Labute approximate surface area is 99.5 Å². The van der Waals surface area contributed by atoms with E-state index in [1.165, 1.54) is 0 Å². The van der Waals surface area contributed by atoms with Crippen molar-refractivity contribution < 1.29 is 9.90 Å². The third-order valence-corrected chi connectivity index (χ3v) is 2.92. The number of hydrogen-bond acceptors (Lipinski definition) is 4. The SMILES string of the molecule is C#Cc1ccnc(N2CCC(C(=O)O)CC2)n1. The average molecular weight is 231 g/mol. The molecular formula is C12H13N3O2. The molecule has 17 heavy (non-hydrogen) atoms. The number of terminal acetylenes is 1. The largest absolute Gasteiger partial charge is 0.481 e. The van der Waals surface area contributed by atoms with E-state index >= 15 is 0 Å². The third-order valence-electron chi connectivity index (χ3n) is 2.92. The molecule has 1 aliphatic rings. The Morgan fingerprint density at radius 3 is 2.82 bits per heavy atom. The number of anilines is 1. The van der Waals surface area contributed by atoms with E-state index in [-0.39, 0.29) is 5.92 Å². The van der Waals surface area contributed by atoms with E-state index < -0.39 is 5.97 Å². The van der Waals surface area contributed by atoms with Crippen molar-refractivity contribution in [2.75, 3.05) is 18.0 Å². The molecule has 0 spiro atoms. The second-order valence-corrected chi connectivity index (χ2v) is 3.99. The lowest BCUT2D eigenvalue weighted by atomic mass is 9.97. The van der Waals surface area contributed by atoms with Gasteiger partial charge in [-0.25, -0.2) is 9.97 Å². The van der Waals surface area contributed by atoms with E-state index in [1.807, 2.05) is 4.90 Å². The third kappa shape index (κ3) is 2.53. The van der Waals surface area contributed by atoms with Crippen molar-refractivity contribution in [3.8, 4) is 12.3 Å². The number of carboxylic acid groups (broad SMARTS) is 1. The molecule has 0 radical (unpaired) electrons. The van der Waals surface area contributed by atoms with Crippen molar-refractivity contribution in [3.05, 3.63) is 18.0 Å². The van der Waals surface area contributed by atoms with Gasteiger partial charge in [-0.05, 0) is 18.9 Å². The highest BCUT2D eigenvalue weighted by Crippen LogP contribution is 2.20. The molecule has 0 aliphatic carbocycles. The molecule has 1 N–H and O–H groups in total. The molecule has 88 valence electrons. The van der Waals surface area contributed by atoms with Gasteiger partial charge in [-0.15, -0.1) is 6.42 Å². The second-order valence-electron chi connectivity index (χ2n) is 3.99. The zero-order chi connectivity index (χ0) is 12.3. The van der Waals surface area contributed by atoms with Gasteiger partial charge < -0.3 is 10.0 Å². The molecule has 1 aromatic heterocycles. The first kappa shape index (κ1) is 11.4. The van der Waals surface area contributed by atoms with Crippen LogP contribution in [0, 0.1) is 18.3 Å². The lowest BCUT2D eigenvalue weighted by Crippen LogP contribution is -2.37. The summed E-state index contributed by atoms with van der Waals surface area (Å²) in [5.41, 5.74) is 0.551. The minimum atomic E-state index is -0.719. The molecule has 1 fully saturated rings. The fraction of sp³-hybridized carbons (Fsp3) is 0.417. The summed E-state index contributed by atoms with van der Waals surface area (Å²) in [6.45, 7) is 1.32. The highest BCUT2D eigenvalue weighted by Gasteiger charge is 2.25. The molecule has 1 aliphatic heterocycles. The highest BCUT2D eigenvalue weighted by molar-refractivity contribution is 5.70. The molecule has 5 nitrogen and oxygen atoms in total. The lowest BCUT2D eigenvalue weighted by molar-refractivity contribution is -0.142. The lowest BCUT2D eigenvalue weighted by Gasteiger charge is -2.29. The number of piperidine rings is 1. The number of nitrogens with zero attached hydrogens (tertiary/aromatic N) is 3. The molecule has 0 aromatic carbocycles. The molecule has 0 saturated carbocycles. The fourth-order valence-corrected chi connectivity index (χ4v) is 1.91. The van der Waals surface area contributed by atoms with Gasteiger partial charge in [0.25, 0.3) is 0 Å². The minimum Gasteiger partial charge on any atom is -0.481 e. The molecule has 2 rings (SSSR count). The van der Waals surface area contributed by atoms with Crippen LogP contribution in [0.1, 0.15) is 18.5 Å². The Kier molecular flexibility index (Phi) is 3.24. The maximum atomic E-state index is 10.8. The number of carboxylic acids is 1. The van der Waals surface area contributed by atoms with Gasteiger partial charge in [0.2, 0.25) is 5.95 Å². The summed E-state index contributed by atoms with van der Waals surface area (Å²) in [4.78, 5) is 21.2. The van der Waals surface area contributed by atoms with Crippen LogP contribution in [0.25, 0.3) is 0 Å². The highest BCUT2D eigenvalue weighted by atomic mass is 16.4. The number of rotatable bonds is 2. The van der Waals surface area contributed by atoms with Gasteiger partial charge >= 0.3 is 5.97 Å². The first-order chi connectivity index (χ1) is 8.20. The van der Waals surface area contributed by atoms with Crippen molar-refractivity contribution in [1.82, 2.24) is 9.97 Å². The minimum absolute atomic E-state index is 0.248. The summed E-state index contributed by atoms with van der Waals surface area (Å²) >= 11 is 0. The maximum absolute atomic E-state index is 10.8. The Morgan fingerprint density at radius 2 is 2.24 bits per heavy atom. The van der Waals surface area contributed by atoms with Crippen LogP contribution in [-0.2, 0) is 4.79 Å². The summed E-state index contributed by atoms with van der Waals surface area (Å²) in [5, 5.41) is 8.90. The molecule has 1 saturated heterocycles. The smallest absolute Gasteiger partial charge is 0.306 e. The summed E-state index contributed by atoms with van der Waals surface area (Å²) in [7, 11) is 0. The summed E-state index contributed by atoms with van der Waals surface area (Å²) < 4.78 is 0. The van der Waals surface area contributed by atoms with Crippen molar-refractivity contribution in [3.63, 3.8) is 0 Å². The van der Waals surface area contributed by atoms with Gasteiger partial charge in [0.05, 0.1) is 5.92 Å². The van der Waals surface area contributed by atoms with Crippen molar-refractivity contribution >= 4 is 11.9 Å². The van der Waals surface area contributed by atoms with Gasteiger partial charge in [-0.3, -0.25) is 4.79 Å². The van der Waals surface area contributed by atoms with Crippen LogP contribution < -0.4 is 4.90 Å². The molecule has 0 bridgehead atoms. The molecule has 5 heteroatoms. The standard InChI is InChI=1S/C12H13N3O2/c1-2-10-3-6-13-12(14-10)15-7-4-9(5-8-15)11(16)17/h1,3,6,9H,4-5,7-8H2,(H,16,17). The molecule has 0 amide bonds. The van der Waals surface area contributed by atoms with Crippen LogP contribution >= 0.6 is 0 Å². The first-order valence-corrected chi connectivity index (χ1v) is 5.48. The van der Waals surface area contributed by atoms with Crippen molar-refractivity contribution in [2.45, 2.75) is 12.8 Å². The Bertz CT molecular complexity index is 459. The van der Waals surface area contributed by atoms with E-state index in [2.05, 4.69) is 15.9 Å². The predicted molar refractivity (Wildman–Crippen MR) is 62.5 cm³/mol. The van der Waals surface area contributed by atoms with E-state index in [1.54, 1.807) is 12.3 Å². The average Bonchev–Trinajstić information content (AvgIpc) is 2.39. The molecule has 1 aromatic rings. The van der Waals surface area contributed by atoms with Crippen molar-refractivity contribution in [2.24, 2.45) is 5.92 Å². The molecule has 2 heterocycles. The predicted octanol–water partition coefficient (Wildman–Crippen LogP) is 0.759. The number of hydrogen-bond donors (Lipinski definition) is 1. The van der Waals surface area contributed by atoms with Gasteiger partial charge in [0.1, 0.15) is 5.69 Å². The zero-order valence-electron chi connectivity index (χ0n) is 9.33. The summed E-state index contributed by atoms with van der Waals surface area (Å²) in [6, 6.07) is 1.67. The van der Waals surface area contributed by atoms with Gasteiger partial charge in [-0.2, -0.15) is 0 Å². The van der Waals surface area contributed by atoms with Crippen LogP contribution in [0.5, 0.6) is 0 Å². The van der Waals surface area contributed by atoms with Crippen LogP contribution in [-0.4, -0.2) is 34.1 Å². The van der Waals surface area contributed by atoms with E-state index in [9.17, 15) is 4.79 Å². The van der Waals surface area contributed by atoms with Gasteiger partial charge in [0, 0.05) is 19.3 Å². The first-order valence-electron chi connectivity index (χ1n) is 5.48. The number of carbonyl (C=O) groups is 1. The van der Waals surface area contributed by atoms with E-state index in [0.717, 1.165) is 0 Å². The quantitative estimate of drug-likeness (QED) is 0.761. The normalized spacial score (nSPS) is 16.5. The monoisotopic (exact) mass is 231 g/mol. The number of aromatic nitrogens is 2. The fourth-order valence-electron chi connectivity index (χ4n) is 1.91. The van der Waals surface area contributed by atoms with Crippen LogP contribution in [0.3, 0.4) is 0 Å².